The maximum atomic E-state index is 13.3. The van der Waals surface area contributed by atoms with Crippen molar-refractivity contribution >= 4 is 22.4 Å². The smallest absolute Gasteiger partial charge is 0.233 e. The van der Waals surface area contributed by atoms with Crippen LogP contribution >= 0.6 is 11.3 Å². The predicted octanol–water partition coefficient (Wildman–Crippen LogP) is 3.17. The highest BCUT2D eigenvalue weighted by molar-refractivity contribution is 7.13. The molecule has 0 unspecified atom stereocenters. The van der Waals surface area contributed by atoms with Crippen molar-refractivity contribution in [1.82, 2.24) is 9.88 Å². The van der Waals surface area contributed by atoms with Crippen LogP contribution in [0, 0.1) is 16.7 Å². The zero-order valence-electron chi connectivity index (χ0n) is 14.0. The minimum atomic E-state index is -0.266. The van der Waals surface area contributed by atoms with E-state index in [2.05, 4.69) is 35.2 Å². The number of carbonyl (C=O) groups excluding carboxylic acids is 1. The van der Waals surface area contributed by atoms with Crippen molar-refractivity contribution in [1.29, 1.82) is 0 Å². The van der Waals surface area contributed by atoms with Crippen molar-refractivity contribution in [3.63, 3.8) is 0 Å². The fourth-order valence-corrected chi connectivity index (χ4v) is 5.59. The molecule has 0 radical (unpaired) electrons. The number of amides is 1. The Balaban J connectivity index is 1.48. The van der Waals surface area contributed by atoms with Gasteiger partial charge in [-0.1, -0.05) is 26.0 Å². The Morgan fingerprint density at radius 2 is 2.09 bits per heavy atom. The van der Waals surface area contributed by atoms with Crippen LogP contribution in [-0.2, 0) is 4.79 Å². The predicted molar refractivity (Wildman–Crippen MR) is 93.6 cm³/mol. The average molecular weight is 331 g/mol. The molecule has 0 N–H and O–H groups in total. The zero-order chi connectivity index (χ0) is 16.2. The quantitative estimate of drug-likeness (QED) is 0.781. The Morgan fingerprint density at radius 1 is 1.35 bits per heavy atom. The van der Waals surface area contributed by atoms with Gasteiger partial charge in [0.05, 0.1) is 5.41 Å². The molecule has 1 saturated heterocycles. The maximum Gasteiger partial charge on any atom is 0.233 e. The fourth-order valence-electron chi connectivity index (χ4n) is 4.90. The summed E-state index contributed by atoms with van der Waals surface area (Å²) in [5.41, 5.74) is 1.04. The van der Waals surface area contributed by atoms with Crippen LogP contribution in [0.3, 0.4) is 0 Å². The Hall–Kier alpha value is -1.36. The van der Waals surface area contributed by atoms with Crippen LogP contribution in [0.2, 0.25) is 0 Å². The van der Waals surface area contributed by atoms with E-state index in [4.69, 9.17) is 0 Å². The van der Waals surface area contributed by atoms with Crippen LogP contribution in [0.25, 0.3) is 0 Å². The summed E-state index contributed by atoms with van der Waals surface area (Å²) >= 11 is 1.67. The second kappa shape index (κ2) is 5.07. The highest BCUT2D eigenvalue weighted by Gasteiger charge is 2.61. The molecule has 2 heterocycles. The van der Waals surface area contributed by atoms with Gasteiger partial charge in [-0.05, 0) is 30.6 Å². The first-order valence-corrected chi connectivity index (χ1v) is 9.47. The van der Waals surface area contributed by atoms with E-state index in [9.17, 15) is 4.79 Å². The number of aromatic nitrogens is 1. The van der Waals surface area contributed by atoms with E-state index in [0.717, 1.165) is 44.2 Å². The average Bonchev–Trinajstić information content (AvgIpc) is 3.26. The molecule has 4 rings (SSSR count). The first kappa shape index (κ1) is 15.2. The monoisotopic (exact) mass is 331 g/mol. The normalized spacial score (nSPS) is 32.6. The third kappa shape index (κ3) is 2.09. The number of hydrogen-bond donors (Lipinski definition) is 0. The van der Waals surface area contributed by atoms with Crippen molar-refractivity contribution < 1.29 is 4.79 Å². The molecule has 2 saturated carbocycles. The lowest BCUT2D eigenvalue weighted by molar-refractivity contribution is -0.140. The minimum Gasteiger partial charge on any atom is -0.345 e. The molecule has 2 aliphatic carbocycles. The molecule has 2 atom stereocenters. The van der Waals surface area contributed by atoms with Gasteiger partial charge in [-0.25, -0.2) is 4.98 Å². The van der Waals surface area contributed by atoms with E-state index < -0.39 is 0 Å². The molecule has 0 aromatic carbocycles. The lowest BCUT2D eigenvalue weighted by atomic mass is 9.68. The fraction of sp³-hybridized carbons (Fsp3) is 0.667. The van der Waals surface area contributed by atoms with Crippen LogP contribution in [-0.4, -0.2) is 42.0 Å². The molecular weight excluding hydrogens is 306 g/mol. The Kier molecular flexibility index (Phi) is 3.34. The number of piperazine rings is 1. The van der Waals surface area contributed by atoms with Crippen LogP contribution in [0.4, 0.5) is 5.13 Å². The minimum absolute atomic E-state index is 0.122. The summed E-state index contributed by atoms with van der Waals surface area (Å²) in [7, 11) is 0. The molecule has 3 aliphatic rings. The lowest BCUT2D eigenvalue weighted by Gasteiger charge is -2.42. The van der Waals surface area contributed by atoms with Gasteiger partial charge in [0.15, 0.2) is 5.13 Å². The second-order valence-electron chi connectivity index (χ2n) is 7.82. The number of fused-ring (bicyclic) bond motifs is 2. The van der Waals surface area contributed by atoms with Crippen molar-refractivity contribution in [2.75, 3.05) is 31.1 Å². The molecule has 5 heteroatoms. The summed E-state index contributed by atoms with van der Waals surface area (Å²) in [6.07, 6.45) is 5.05. The molecule has 1 aromatic rings. The number of rotatable bonds is 2. The zero-order valence-corrected chi connectivity index (χ0v) is 14.9. The highest BCUT2D eigenvalue weighted by atomic mass is 32.1. The number of anilines is 1. The van der Waals surface area contributed by atoms with Gasteiger partial charge in [-0.3, -0.25) is 4.79 Å². The van der Waals surface area contributed by atoms with Crippen molar-refractivity contribution in [2.24, 2.45) is 16.7 Å². The summed E-state index contributed by atoms with van der Waals surface area (Å²) in [5.74, 6) is 0.977. The first-order chi connectivity index (χ1) is 10.9. The topological polar surface area (TPSA) is 36.4 Å². The van der Waals surface area contributed by atoms with Crippen LogP contribution in [0.15, 0.2) is 23.7 Å². The summed E-state index contributed by atoms with van der Waals surface area (Å²) in [6, 6.07) is 0. The van der Waals surface area contributed by atoms with E-state index >= 15 is 0 Å². The van der Waals surface area contributed by atoms with Crippen LogP contribution in [0.1, 0.15) is 33.1 Å². The molecule has 1 aromatic heterocycles. The largest absolute Gasteiger partial charge is 0.345 e. The van der Waals surface area contributed by atoms with E-state index in [-0.39, 0.29) is 10.8 Å². The summed E-state index contributed by atoms with van der Waals surface area (Å²) < 4.78 is 0. The Bertz CT molecular complexity index is 631. The van der Waals surface area contributed by atoms with Crippen molar-refractivity contribution in [2.45, 2.75) is 33.1 Å². The van der Waals surface area contributed by atoms with Gasteiger partial charge in [0.25, 0.3) is 0 Å². The van der Waals surface area contributed by atoms with E-state index in [1.807, 2.05) is 11.6 Å². The molecule has 0 spiro atoms. The Morgan fingerprint density at radius 3 is 2.65 bits per heavy atom. The first-order valence-electron chi connectivity index (χ1n) is 8.59. The summed E-state index contributed by atoms with van der Waals surface area (Å²) in [6.45, 7) is 12.3. The molecule has 2 bridgehead atoms. The lowest BCUT2D eigenvalue weighted by Crippen LogP contribution is -2.53. The van der Waals surface area contributed by atoms with Gasteiger partial charge in [-0.15, -0.1) is 11.3 Å². The Labute approximate surface area is 142 Å². The van der Waals surface area contributed by atoms with Gasteiger partial charge in [-0.2, -0.15) is 0 Å². The summed E-state index contributed by atoms with van der Waals surface area (Å²) in [5, 5.41) is 3.08. The van der Waals surface area contributed by atoms with Crippen molar-refractivity contribution in [3.8, 4) is 0 Å². The van der Waals surface area contributed by atoms with Crippen LogP contribution < -0.4 is 4.90 Å². The molecule has 23 heavy (non-hydrogen) atoms. The molecule has 1 amide bonds. The highest BCUT2D eigenvalue weighted by Crippen LogP contribution is 2.65. The van der Waals surface area contributed by atoms with E-state index in [1.165, 1.54) is 12.0 Å². The SMILES string of the molecule is C=C1C(C)(C)[C@H]2CC[C@@]1(C(=O)N1CCN(c3nccs3)CC1)C2. The van der Waals surface area contributed by atoms with Gasteiger partial charge >= 0.3 is 0 Å². The number of nitrogens with zero attached hydrogens (tertiary/aromatic N) is 3. The van der Waals surface area contributed by atoms with Gasteiger partial charge in [0, 0.05) is 37.8 Å². The molecule has 4 nitrogen and oxygen atoms in total. The van der Waals surface area contributed by atoms with E-state index in [1.54, 1.807) is 11.3 Å². The molecule has 124 valence electrons. The number of carbonyl (C=O) groups is 1. The number of hydrogen-bond acceptors (Lipinski definition) is 4. The standard InChI is InChI=1S/C18H25N3OS/c1-13-17(2,3)14-4-5-18(13,12-14)15(22)20-7-9-21(10-8-20)16-19-6-11-23-16/h6,11,14H,1,4-5,7-10,12H2,2-3H3/t14-,18+/m0/s1. The van der Waals surface area contributed by atoms with Gasteiger partial charge < -0.3 is 9.80 Å². The van der Waals surface area contributed by atoms with Crippen molar-refractivity contribution in [3.05, 3.63) is 23.7 Å². The summed E-state index contributed by atoms with van der Waals surface area (Å²) in [4.78, 5) is 22.1. The third-order valence-corrected chi connectivity index (χ3v) is 7.39. The van der Waals surface area contributed by atoms with E-state index in [0.29, 0.717) is 11.8 Å². The molecular formula is C18H25N3OS. The van der Waals surface area contributed by atoms with Crippen LogP contribution in [0.5, 0.6) is 0 Å². The maximum absolute atomic E-state index is 13.3. The van der Waals surface area contributed by atoms with Gasteiger partial charge in [0.2, 0.25) is 5.91 Å². The second-order valence-corrected chi connectivity index (χ2v) is 8.69. The third-order valence-electron chi connectivity index (χ3n) is 6.56. The number of thiazole rings is 1. The molecule has 3 fully saturated rings. The molecule has 1 aliphatic heterocycles. The van der Waals surface area contributed by atoms with Gasteiger partial charge in [0.1, 0.15) is 0 Å².